The SMILES string of the molecule is Cn1c(SCCCS(=O)(=O)c2ccc(F)cc2)nc2cc(Cl)ccc21. The largest absolute Gasteiger partial charge is 0.322 e. The van der Waals surface area contributed by atoms with Gasteiger partial charge in [0.15, 0.2) is 15.0 Å². The van der Waals surface area contributed by atoms with E-state index in [4.69, 9.17) is 11.6 Å². The van der Waals surface area contributed by atoms with Crippen LogP contribution in [0.5, 0.6) is 0 Å². The van der Waals surface area contributed by atoms with E-state index >= 15 is 0 Å². The van der Waals surface area contributed by atoms with Crippen molar-refractivity contribution in [3.05, 3.63) is 53.3 Å². The van der Waals surface area contributed by atoms with Crippen LogP contribution in [0.4, 0.5) is 4.39 Å². The average Bonchev–Trinajstić information content (AvgIpc) is 2.87. The highest BCUT2D eigenvalue weighted by Gasteiger charge is 2.15. The van der Waals surface area contributed by atoms with E-state index in [2.05, 4.69) is 4.98 Å². The molecule has 8 heteroatoms. The molecule has 0 saturated heterocycles. The molecule has 1 aromatic heterocycles. The summed E-state index contributed by atoms with van der Waals surface area (Å²) >= 11 is 7.48. The number of benzene rings is 2. The molecule has 0 amide bonds. The minimum atomic E-state index is -3.40. The van der Waals surface area contributed by atoms with Crippen LogP contribution in [0.2, 0.25) is 5.02 Å². The third-order valence-electron chi connectivity index (χ3n) is 3.76. The second kappa shape index (κ2) is 7.35. The van der Waals surface area contributed by atoms with Crippen LogP contribution < -0.4 is 0 Å². The topological polar surface area (TPSA) is 52.0 Å². The lowest BCUT2D eigenvalue weighted by molar-refractivity contribution is 0.593. The van der Waals surface area contributed by atoms with Gasteiger partial charge in [0.2, 0.25) is 0 Å². The Morgan fingerprint density at radius 3 is 2.64 bits per heavy atom. The van der Waals surface area contributed by atoms with Crippen LogP contribution >= 0.6 is 23.4 Å². The first-order valence-electron chi connectivity index (χ1n) is 7.60. The van der Waals surface area contributed by atoms with E-state index in [1.165, 1.54) is 23.9 Å². The van der Waals surface area contributed by atoms with Crippen molar-refractivity contribution < 1.29 is 12.8 Å². The van der Waals surface area contributed by atoms with Gasteiger partial charge in [-0.2, -0.15) is 0 Å². The molecule has 0 spiro atoms. The number of imidazole rings is 1. The third-order valence-corrected chi connectivity index (χ3v) is 6.93. The summed E-state index contributed by atoms with van der Waals surface area (Å²) in [6, 6.07) is 10.4. The molecule has 4 nitrogen and oxygen atoms in total. The Kier molecular flexibility index (Phi) is 5.36. The van der Waals surface area contributed by atoms with Crippen LogP contribution in [0.25, 0.3) is 11.0 Å². The Morgan fingerprint density at radius 2 is 1.92 bits per heavy atom. The number of hydrogen-bond donors (Lipinski definition) is 0. The summed E-state index contributed by atoms with van der Waals surface area (Å²) in [6.45, 7) is 0. The predicted molar refractivity (Wildman–Crippen MR) is 99.5 cm³/mol. The van der Waals surface area contributed by atoms with E-state index in [0.717, 1.165) is 28.3 Å². The number of fused-ring (bicyclic) bond motifs is 1. The molecule has 0 saturated carbocycles. The molecule has 25 heavy (non-hydrogen) atoms. The second-order valence-electron chi connectivity index (χ2n) is 5.56. The molecule has 0 atom stereocenters. The highest BCUT2D eigenvalue weighted by atomic mass is 35.5. The van der Waals surface area contributed by atoms with Crippen molar-refractivity contribution in [2.45, 2.75) is 16.5 Å². The summed E-state index contributed by atoms with van der Waals surface area (Å²) < 4.78 is 39.3. The normalized spacial score (nSPS) is 12.0. The van der Waals surface area contributed by atoms with E-state index in [1.54, 1.807) is 6.07 Å². The predicted octanol–water partition coefficient (Wildman–Crippen LogP) is 4.32. The van der Waals surface area contributed by atoms with Crippen LogP contribution in [0, 0.1) is 5.82 Å². The highest BCUT2D eigenvalue weighted by molar-refractivity contribution is 7.99. The van der Waals surface area contributed by atoms with Crippen molar-refractivity contribution >= 4 is 44.2 Å². The molecule has 0 N–H and O–H groups in total. The van der Waals surface area contributed by atoms with Gasteiger partial charge in [0.25, 0.3) is 0 Å². The zero-order valence-electron chi connectivity index (χ0n) is 13.4. The van der Waals surface area contributed by atoms with Crippen molar-refractivity contribution in [3.8, 4) is 0 Å². The number of rotatable bonds is 6. The van der Waals surface area contributed by atoms with Gasteiger partial charge >= 0.3 is 0 Å². The minimum absolute atomic E-state index is 0.0153. The lowest BCUT2D eigenvalue weighted by Crippen LogP contribution is -2.07. The Hall–Kier alpha value is -1.57. The smallest absolute Gasteiger partial charge is 0.178 e. The van der Waals surface area contributed by atoms with Crippen LogP contribution in [0.1, 0.15) is 6.42 Å². The van der Waals surface area contributed by atoms with Crippen LogP contribution in [-0.4, -0.2) is 29.5 Å². The van der Waals surface area contributed by atoms with Crippen molar-refractivity contribution in [1.82, 2.24) is 9.55 Å². The van der Waals surface area contributed by atoms with E-state index in [-0.39, 0.29) is 10.6 Å². The van der Waals surface area contributed by atoms with Gasteiger partial charge in [0, 0.05) is 17.8 Å². The van der Waals surface area contributed by atoms with Crippen molar-refractivity contribution in [3.63, 3.8) is 0 Å². The first-order valence-corrected chi connectivity index (χ1v) is 10.6. The first kappa shape index (κ1) is 18.2. The Balaban J connectivity index is 1.61. The van der Waals surface area contributed by atoms with Gasteiger partial charge in [0.05, 0.1) is 21.7 Å². The Bertz CT molecular complexity index is 1000. The molecule has 0 radical (unpaired) electrons. The van der Waals surface area contributed by atoms with Gasteiger partial charge in [-0.15, -0.1) is 0 Å². The summed E-state index contributed by atoms with van der Waals surface area (Å²) in [5.74, 6) is 0.184. The monoisotopic (exact) mass is 398 g/mol. The lowest BCUT2D eigenvalue weighted by atomic mass is 10.3. The molecule has 0 fully saturated rings. The van der Waals surface area contributed by atoms with Gasteiger partial charge in [-0.25, -0.2) is 17.8 Å². The first-order chi connectivity index (χ1) is 11.9. The van der Waals surface area contributed by atoms with Crippen LogP contribution in [0.15, 0.2) is 52.5 Å². The van der Waals surface area contributed by atoms with Gasteiger partial charge in [0.1, 0.15) is 5.82 Å². The third kappa shape index (κ3) is 4.16. The number of sulfone groups is 1. The summed E-state index contributed by atoms with van der Waals surface area (Å²) in [5, 5.41) is 1.45. The van der Waals surface area contributed by atoms with E-state index in [9.17, 15) is 12.8 Å². The molecule has 2 aromatic carbocycles. The molecule has 0 aliphatic heterocycles. The summed E-state index contributed by atoms with van der Waals surface area (Å²) in [4.78, 5) is 4.67. The van der Waals surface area contributed by atoms with Gasteiger partial charge in [-0.3, -0.25) is 0 Å². The number of aromatic nitrogens is 2. The van der Waals surface area contributed by atoms with Crippen LogP contribution in [0.3, 0.4) is 0 Å². The van der Waals surface area contributed by atoms with Crippen molar-refractivity contribution in [1.29, 1.82) is 0 Å². The van der Waals surface area contributed by atoms with Crippen molar-refractivity contribution in [2.75, 3.05) is 11.5 Å². The van der Waals surface area contributed by atoms with Gasteiger partial charge in [-0.1, -0.05) is 23.4 Å². The zero-order chi connectivity index (χ0) is 18.0. The van der Waals surface area contributed by atoms with Gasteiger partial charge < -0.3 is 4.57 Å². The Morgan fingerprint density at radius 1 is 1.20 bits per heavy atom. The Labute approximate surface area is 154 Å². The second-order valence-corrected chi connectivity index (χ2v) is 9.17. The lowest BCUT2D eigenvalue weighted by Gasteiger charge is -2.05. The molecule has 0 unspecified atom stereocenters. The number of halogens is 2. The summed E-state index contributed by atoms with van der Waals surface area (Å²) in [6.07, 6.45) is 0.480. The average molecular weight is 399 g/mol. The fourth-order valence-corrected chi connectivity index (χ4v) is 5.04. The van der Waals surface area contributed by atoms with Gasteiger partial charge in [-0.05, 0) is 48.9 Å². The number of thioether (sulfide) groups is 1. The maximum absolute atomic E-state index is 12.9. The maximum Gasteiger partial charge on any atom is 0.178 e. The number of nitrogens with zero attached hydrogens (tertiary/aromatic N) is 2. The molecule has 0 aliphatic carbocycles. The zero-order valence-corrected chi connectivity index (χ0v) is 15.8. The fourth-order valence-electron chi connectivity index (χ4n) is 2.45. The molecular weight excluding hydrogens is 383 g/mol. The summed E-state index contributed by atoms with van der Waals surface area (Å²) in [7, 11) is -1.48. The highest BCUT2D eigenvalue weighted by Crippen LogP contribution is 2.25. The number of hydrogen-bond acceptors (Lipinski definition) is 4. The van der Waals surface area contributed by atoms with Crippen molar-refractivity contribution in [2.24, 2.45) is 7.05 Å². The van der Waals surface area contributed by atoms with E-state index in [1.807, 2.05) is 23.7 Å². The minimum Gasteiger partial charge on any atom is -0.322 e. The molecule has 3 aromatic rings. The molecule has 0 bridgehead atoms. The molecular formula is C17H16ClFN2O2S2. The molecule has 132 valence electrons. The quantitative estimate of drug-likeness (QED) is 0.352. The van der Waals surface area contributed by atoms with E-state index in [0.29, 0.717) is 17.2 Å². The van der Waals surface area contributed by atoms with E-state index < -0.39 is 15.7 Å². The standard InChI is InChI=1S/C17H16ClFN2O2S2/c1-21-16-8-3-12(18)11-15(16)20-17(21)24-9-2-10-25(22,23)14-6-4-13(19)5-7-14/h3-8,11H,2,9-10H2,1H3. The molecule has 1 heterocycles. The fraction of sp³-hybridized carbons (Fsp3) is 0.235. The maximum atomic E-state index is 12.9. The number of aryl methyl sites for hydroxylation is 1. The summed E-state index contributed by atoms with van der Waals surface area (Å²) in [5.41, 5.74) is 1.79. The van der Waals surface area contributed by atoms with Crippen LogP contribution in [-0.2, 0) is 16.9 Å². The molecule has 0 aliphatic rings. The molecule has 3 rings (SSSR count).